The van der Waals surface area contributed by atoms with Crippen LogP contribution < -0.4 is 4.72 Å². The molecule has 1 aromatic heterocycles. The van der Waals surface area contributed by atoms with Crippen molar-refractivity contribution >= 4 is 32.6 Å². The standard InChI is InChI=1S/C26H33NO5S/c1-6-7-8-9-10-13-31-26(28)24-20(5)32-23-12-11-21(16-22(23)24)27-33(29,30)25-18(3)14-17(2)15-19(25)4/h11-12,14-16,27H,6-10,13H2,1-5H3. The van der Waals surface area contributed by atoms with Crippen molar-refractivity contribution in [2.75, 3.05) is 11.3 Å². The van der Waals surface area contributed by atoms with Gasteiger partial charge in [0.1, 0.15) is 16.9 Å². The van der Waals surface area contributed by atoms with E-state index in [2.05, 4.69) is 11.6 Å². The van der Waals surface area contributed by atoms with Gasteiger partial charge in [-0.25, -0.2) is 13.2 Å². The van der Waals surface area contributed by atoms with Gasteiger partial charge in [0.25, 0.3) is 10.0 Å². The first-order valence-electron chi connectivity index (χ1n) is 11.4. The number of carbonyl (C=O) groups is 1. The Kier molecular flexibility index (Phi) is 7.84. The zero-order valence-corrected chi connectivity index (χ0v) is 20.9. The second-order valence-electron chi connectivity index (χ2n) is 8.63. The van der Waals surface area contributed by atoms with Crippen LogP contribution in [0.15, 0.2) is 39.6 Å². The predicted octanol–water partition coefficient (Wildman–Crippen LogP) is 6.59. The van der Waals surface area contributed by atoms with Crippen LogP contribution in [0.1, 0.15) is 71.8 Å². The number of carbonyl (C=O) groups excluding carboxylic acids is 1. The van der Waals surface area contributed by atoms with E-state index in [4.69, 9.17) is 9.15 Å². The number of benzene rings is 2. The van der Waals surface area contributed by atoms with E-state index in [0.29, 0.717) is 45.7 Å². The van der Waals surface area contributed by atoms with Crippen molar-refractivity contribution in [1.82, 2.24) is 0 Å². The van der Waals surface area contributed by atoms with Gasteiger partial charge >= 0.3 is 5.97 Å². The largest absolute Gasteiger partial charge is 0.462 e. The molecule has 0 bridgehead atoms. The van der Waals surface area contributed by atoms with E-state index >= 15 is 0 Å². The Morgan fingerprint density at radius 3 is 2.30 bits per heavy atom. The molecule has 0 aliphatic carbocycles. The minimum atomic E-state index is -3.81. The van der Waals surface area contributed by atoms with Gasteiger partial charge < -0.3 is 9.15 Å². The summed E-state index contributed by atoms with van der Waals surface area (Å²) in [4.78, 5) is 13.0. The summed E-state index contributed by atoms with van der Waals surface area (Å²) >= 11 is 0. The number of sulfonamides is 1. The topological polar surface area (TPSA) is 85.6 Å². The maximum Gasteiger partial charge on any atom is 0.342 e. The number of fused-ring (bicyclic) bond motifs is 1. The third-order valence-corrected chi connectivity index (χ3v) is 7.36. The number of ether oxygens (including phenoxy) is 1. The normalized spacial score (nSPS) is 11.7. The van der Waals surface area contributed by atoms with Gasteiger partial charge in [0.05, 0.1) is 11.5 Å². The molecule has 6 nitrogen and oxygen atoms in total. The lowest BCUT2D eigenvalue weighted by Crippen LogP contribution is -2.16. The Labute approximate surface area is 196 Å². The van der Waals surface area contributed by atoms with E-state index in [1.807, 2.05) is 19.1 Å². The van der Waals surface area contributed by atoms with Gasteiger partial charge in [0.2, 0.25) is 0 Å². The van der Waals surface area contributed by atoms with Crippen molar-refractivity contribution < 1.29 is 22.4 Å². The third-order valence-electron chi connectivity index (χ3n) is 5.67. The number of anilines is 1. The van der Waals surface area contributed by atoms with Crippen molar-refractivity contribution in [3.63, 3.8) is 0 Å². The van der Waals surface area contributed by atoms with Gasteiger partial charge in [-0.05, 0) is 63.4 Å². The molecule has 3 rings (SSSR count). The van der Waals surface area contributed by atoms with E-state index in [0.717, 1.165) is 31.2 Å². The molecule has 7 heteroatoms. The molecule has 0 aliphatic rings. The number of esters is 1. The molecule has 1 heterocycles. The number of hydrogen-bond acceptors (Lipinski definition) is 5. The molecule has 1 N–H and O–H groups in total. The first-order chi connectivity index (χ1) is 15.6. The average molecular weight is 472 g/mol. The third kappa shape index (κ3) is 5.77. The number of rotatable bonds is 10. The predicted molar refractivity (Wildman–Crippen MR) is 131 cm³/mol. The van der Waals surface area contributed by atoms with Crippen molar-refractivity contribution in [3.05, 3.63) is 58.3 Å². The van der Waals surface area contributed by atoms with E-state index in [1.54, 1.807) is 39.0 Å². The maximum atomic E-state index is 13.1. The number of hydrogen-bond donors (Lipinski definition) is 1. The summed E-state index contributed by atoms with van der Waals surface area (Å²) in [5, 5.41) is 0.529. The Bertz CT molecular complexity index is 1230. The minimum Gasteiger partial charge on any atom is -0.462 e. The number of unbranched alkanes of at least 4 members (excludes halogenated alkanes) is 4. The maximum absolute atomic E-state index is 13.1. The fourth-order valence-electron chi connectivity index (χ4n) is 4.28. The summed E-state index contributed by atoms with van der Waals surface area (Å²) < 4.78 is 40.1. The van der Waals surface area contributed by atoms with Gasteiger partial charge in [-0.15, -0.1) is 0 Å². The molecule has 0 amide bonds. The Hall–Kier alpha value is -2.80. The summed E-state index contributed by atoms with van der Waals surface area (Å²) in [6.45, 7) is 9.73. The van der Waals surface area contributed by atoms with E-state index < -0.39 is 16.0 Å². The lowest BCUT2D eigenvalue weighted by molar-refractivity contribution is 0.0497. The Morgan fingerprint density at radius 2 is 1.64 bits per heavy atom. The molecule has 0 radical (unpaired) electrons. The van der Waals surface area contributed by atoms with Gasteiger partial charge in [0, 0.05) is 11.1 Å². The van der Waals surface area contributed by atoms with Crippen molar-refractivity contribution in [1.29, 1.82) is 0 Å². The van der Waals surface area contributed by atoms with Crippen LogP contribution in [-0.2, 0) is 14.8 Å². The van der Waals surface area contributed by atoms with Crippen LogP contribution in [0.5, 0.6) is 0 Å². The molecule has 0 saturated carbocycles. The highest BCUT2D eigenvalue weighted by molar-refractivity contribution is 7.92. The van der Waals surface area contributed by atoms with Crippen LogP contribution in [0.3, 0.4) is 0 Å². The second-order valence-corrected chi connectivity index (χ2v) is 10.2. The highest BCUT2D eigenvalue weighted by Gasteiger charge is 2.23. The summed E-state index contributed by atoms with van der Waals surface area (Å²) in [5.74, 6) is -0.00168. The quantitative estimate of drug-likeness (QED) is 0.266. The van der Waals surface area contributed by atoms with Crippen molar-refractivity contribution in [2.45, 2.75) is 71.6 Å². The zero-order valence-electron chi connectivity index (χ0n) is 20.1. The summed E-state index contributed by atoms with van der Waals surface area (Å²) in [6.07, 6.45) is 5.32. The van der Waals surface area contributed by atoms with Crippen LogP contribution >= 0.6 is 0 Å². The molecule has 0 unspecified atom stereocenters. The van der Waals surface area contributed by atoms with Gasteiger partial charge in [-0.1, -0.05) is 50.3 Å². The van der Waals surface area contributed by atoms with Crippen LogP contribution in [0.25, 0.3) is 11.0 Å². The molecule has 178 valence electrons. The van der Waals surface area contributed by atoms with Crippen molar-refractivity contribution in [3.8, 4) is 0 Å². The number of nitrogens with one attached hydrogen (secondary N) is 1. The second kappa shape index (κ2) is 10.4. The first-order valence-corrected chi connectivity index (χ1v) is 12.9. The molecule has 0 fully saturated rings. The fraction of sp³-hybridized carbons (Fsp3) is 0.423. The summed E-state index contributed by atoms with van der Waals surface area (Å²) in [7, 11) is -3.81. The SMILES string of the molecule is CCCCCCCOC(=O)c1c(C)oc2ccc(NS(=O)(=O)c3c(C)cc(C)cc3C)cc12. The van der Waals surface area contributed by atoms with Crippen LogP contribution in [0.4, 0.5) is 5.69 Å². The number of aryl methyl sites for hydroxylation is 4. The van der Waals surface area contributed by atoms with E-state index in [9.17, 15) is 13.2 Å². The molecule has 0 atom stereocenters. The molecule has 0 saturated heterocycles. The lowest BCUT2D eigenvalue weighted by Gasteiger charge is -2.14. The van der Waals surface area contributed by atoms with Crippen LogP contribution in [0.2, 0.25) is 0 Å². The van der Waals surface area contributed by atoms with Gasteiger partial charge in [-0.3, -0.25) is 4.72 Å². The number of furan rings is 1. The minimum absolute atomic E-state index is 0.263. The van der Waals surface area contributed by atoms with E-state index in [1.165, 1.54) is 6.42 Å². The molecule has 0 spiro atoms. The average Bonchev–Trinajstić information content (AvgIpc) is 3.04. The van der Waals surface area contributed by atoms with Crippen LogP contribution in [-0.4, -0.2) is 21.0 Å². The summed E-state index contributed by atoms with van der Waals surface area (Å²) in [6, 6.07) is 8.61. The smallest absolute Gasteiger partial charge is 0.342 e. The molecule has 3 aromatic rings. The molecular weight excluding hydrogens is 438 g/mol. The first kappa shape index (κ1) is 24.8. The summed E-state index contributed by atoms with van der Waals surface area (Å²) in [5.41, 5.74) is 3.58. The van der Waals surface area contributed by atoms with Gasteiger partial charge in [-0.2, -0.15) is 0 Å². The molecular formula is C26H33NO5S. The Morgan fingerprint density at radius 1 is 0.970 bits per heavy atom. The fourth-order valence-corrected chi connectivity index (χ4v) is 5.78. The molecule has 2 aromatic carbocycles. The highest BCUT2D eigenvalue weighted by Crippen LogP contribution is 2.31. The van der Waals surface area contributed by atoms with Crippen molar-refractivity contribution in [2.24, 2.45) is 0 Å². The van der Waals surface area contributed by atoms with E-state index in [-0.39, 0.29) is 4.90 Å². The van der Waals surface area contributed by atoms with Gasteiger partial charge in [0.15, 0.2) is 0 Å². The molecule has 33 heavy (non-hydrogen) atoms. The zero-order chi connectivity index (χ0) is 24.2. The Balaban J connectivity index is 1.83. The monoisotopic (exact) mass is 471 g/mol. The lowest BCUT2D eigenvalue weighted by atomic mass is 10.1. The van der Waals surface area contributed by atoms with Crippen LogP contribution in [0, 0.1) is 27.7 Å². The molecule has 0 aliphatic heterocycles. The highest BCUT2D eigenvalue weighted by atomic mass is 32.2.